The molecule has 1 fully saturated rings. The Bertz CT molecular complexity index is 416. The highest BCUT2D eigenvalue weighted by Gasteiger charge is 2.27. The molecule has 2 rings (SSSR count). The van der Waals surface area contributed by atoms with Gasteiger partial charge in [0.2, 0.25) is 5.88 Å². The summed E-state index contributed by atoms with van der Waals surface area (Å²) < 4.78 is 5.53. The topological polar surface area (TPSA) is 50.3 Å². The van der Waals surface area contributed by atoms with Crippen molar-refractivity contribution in [2.75, 3.05) is 38.1 Å². The molecular formula is C15H26N4O. The Labute approximate surface area is 121 Å². The van der Waals surface area contributed by atoms with Crippen molar-refractivity contribution in [3.05, 3.63) is 11.9 Å². The van der Waals surface area contributed by atoms with Crippen LogP contribution < -0.4 is 10.1 Å². The van der Waals surface area contributed by atoms with E-state index >= 15 is 0 Å². The van der Waals surface area contributed by atoms with Gasteiger partial charge in [0.25, 0.3) is 0 Å². The van der Waals surface area contributed by atoms with E-state index in [1.165, 1.54) is 12.8 Å². The number of nitrogens with one attached hydrogen (secondary N) is 1. The quantitative estimate of drug-likeness (QED) is 0.752. The summed E-state index contributed by atoms with van der Waals surface area (Å²) in [6.45, 7) is 11.1. The van der Waals surface area contributed by atoms with Gasteiger partial charge in [0, 0.05) is 25.1 Å². The molecule has 112 valence electrons. The minimum atomic E-state index is 0.540. The Morgan fingerprint density at radius 2 is 2.00 bits per heavy atom. The smallest absolute Gasteiger partial charge is 0.218 e. The molecule has 0 aliphatic heterocycles. The minimum absolute atomic E-state index is 0.540. The third kappa shape index (κ3) is 4.34. The van der Waals surface area contributed by atoms with Crippen LogP contribution in [0.1, 0.15) is 45.4 Å². The number of nitrogens with zero attached hydrogens (tertiary/aromatic N) is 3. The van der Waals surface area contributed by atoms with Crippen molar-refractivity contribution in [3.8, 4) is 5.88 Å². The predicted octanol–water partition coefficient (Wildman–Crippen LogP) is 2.51. The zero-order valence-corrected chi connectivity index (χ0v) is 12.9. The number of ether oxygens (including phenoxy) is 1. The van der Waals surface area contributed by atoms with Crippen molar-refractivity contribution in [2.24, 2.45) is 0 Å². The Balaban J connectivity index is 1.95. The Kier molecular flexibility index (Phi) is 5.59. The van der Waals surface area contributed by atoms with Gasteiger partial charge in [-0.15, -0.1) is 0 Å². The van der Waals surface area contributed by atoms with Crippen LogP contribution in [-0.4, -0.2) is 47.7 Å². The van der Waals surface area contributed by atoms with Crippen LogP contribution in [0, 0.1) is 0 Å². The largest absolute Gasteiger partial charge is 0.478 e. The van der Waals surface area contributed by atoms with Gasteiger partial charge in [-0.3, -0.25) is 0 Å². The lowest BCUT2D eigenvalue weighted by molar-refractivity contribution is 0.315. The van der Waals surface area contributed by atoms with Crippen molar-refractivity contribution in [1.29, 1.82) is 0 Å². The Morgan fingerprint density at radius 1 is 1.25 bits per heavy atom. The number of anilines is 1. The predicted molar refractivity (Wildman–Crippen MR) is 81.5 cm³/mol. The molecule has 1 N–H and O–H groups in total. The average Bonchev–Trinajstić information content (AvgIpc) is 3.28. The van der Waals surface area contributed by atoms with Crippen LogP contribution >= 0.6 is 0 Å². The van der Waals surface area contributed by atoms with E-state index in [9.17, 15) is 0 Å². The minimum Gasteiger partial charge on any atom is -0.478 e. The molecule has 1 aromatic heterocycles. The fourth-order valence-electron chi connectivity index (χ4n) is 2.16. The summed E-state index contributed by atoms with van der Waals surface area (Å²) >= 11 is 0. The first-order chi connectivity index (χ1) is 9.76. The van der Waals surface area contributed by atoms with Crippen LogP contribution in [0.2, 0.25) is 0 Å². The molecule has 0 radical (unpaired) electrons. The second kappa shape index (κ2) is 7.43. The lowest BCUT2D eigenvalue weighted by Crippen LogP contribution is -2.28. The maximum atomic E-state index is 5.53. The molecule has 1 heterocycles. The van der Waals surface area contributed by atoms with Crippen molar-refractivity contribution >= 4 is 5.82 Å². The Hall–Kier alpha value is -1.36. The highest BCUT2D eigenvalue weighted by Crippen LogP contribution is 2.39. The Morgan fingerprint density at radius 3 is 2.60 bits per heavy atom. The van der Waals surface area contributed by atoms with Gasteiger partial charge in [-0.1, -0.05) is 13.8 Å². The van der Waals surface area contributed by atoms with E-state index in [1.807, 2.05) is 13.0 Å². The maximum absolute atomic E-state index is 5.53. The summed E-state index contributed by atoms with van der Waals surface area (Å²) in [7, 11) is 0. The summed E-state index contributed by atoms with van der Waals surface area (Å²) in [5, 5.41) is 3.39. The van der Waals surface area contributed by atoms with Crippen molar-refractivity contribution in [1.82, 2.24) is 14.9 Å². The molecule has 0 amide bonds. The molecule has 1 aromatic rings. The van der Waals surface area contributed by atoms with Crippen LogP contribution in [0.3, 0.4) is 0 Å². The summed E-state index contributed by atoms with van der Waals surface area (Å²) in [6.07, 6.45) is 2.41. The number of rotatable bonds is 9. The number of hydrogen-bond donors (Lipinski definition) is 1. The van der Waals surface area contributed by atoms with Gasteiger partial charge in [0.05, 0.1) is 6.61 Å². The van der Waals surface area contributed by atoms with E-state index in [0.717, 1.165) is 37.8 Å². The van der Waals surface area contributed by atoms with E-state index < -0.39 is 0 Å². The molecule has 5 nitrogen and oxygen atoms in total. The lowest BCUT2D eigenvalue weighted by atomic mass is 10.4. The van der Waals surface area contributed by atoms with Crippen molar-refractivity contribution in [3.63, 3.8) is 0 Å². The normalized spacial score (nSPS) is 14.6. The standard InChI is InChI=1S/C15H26N4O/c1-4-19(5-2)10-9-16-13-11-14(20-6-3)18-15(17-13)12-7-8-12/h11-12H,4-10H2,1-3H3,(H,16,17,18). The maximum Gasteiger partial charge on any atom is 0.218 e. The zero-order valence-electron chi connectivity index (χ0n) is 12.9. The van der Waals surface area contributed by atoms with Gasteiger partial charge in [-0.05, 0) is 32.9 Å². The van der Waals surface area contributed by atoms with E-state index in [0.29, 0.717) is 18.4 Å². The molecular weight excluding hydrogens is 252 g/mol. The van der Waals surface area contributed by atoms with Gasteiger partial charge in [0.15, 0.2) is 0 Å². The highest BCUT2D eigenvalue weighted by atomic mass is 16.5. The molecule has 1 aliphatic carbocycles. The zero-order chi connectivity index (χ0) is 14.4. The number of aromatic nitrogens is 2. The van der Waals surface area contributed by atoms with E-state index in [2.05, 4.69) is 34.0 Å². The molecule has 1 saturated carbocycles. The van der Waals surface area contributed by atoms with E-state index in [4.69, 9.17) is 4.74 Å². The molecule has 1 aliphatic rings. The highest BCUT2D eigenvalue weighted by molar-refractivity contribution is 5.39. The summed E-state index contributed by atoms with van der Waals surface area (Å²) in [5.74, 6) is 3.05. The van der Waals surface area contributed by atoms with Crippen LogP contribution in [0.15, 0.2) is 6.07 Å². The van der Waals surface area contributed by atoms with Crippen LogP contribution in [0.4, 0.5) is 5.82 Å². The summed E-state index contributed by atoms with van der Waals surface area (Å²) in [6, 6.07) is 1.90. The molecule has 20 heavy (non-hydrogen) atoms. The number of likely N-dealkylation sites (N-methyl/N-ethyl adjacent to an activating group) is 1. The first-order valence-electron chi connectivity index (χ1n) is 7.74. The molecule has 0 saturated heterocycles. The fourth-order valence-corrected chi connectivity index (χ4v) is 2.16. The van der Waals surface area contributed by atoms with Crippen LogP contribution in [0.5, 0.6) is 5.88 Å². The van der Waals surface area contributed by atoms with Crippen LogP contribution in [0.25, 0.3) is 0 Å². The third-order valence-electron chi connectivity index (χ3n) is 3.58. The lowest BCUT2D eigenvalue weighted by Gasteiger charge is -2.18. The monoisotopic (exact) mass is 278 g/mol. The van der Waals surface area contributed by atoms with Gasteiger partial charge < -0.3 is 15.0 Å². The fraction of sp³-hybridized carbons (Fsp3) is 0.733. The second-order valence-electron chi connectivity index (χ2n) is 5.11. The molecule has 0 spiro atoms. The van der Waals surface area contributed by atoms with Gasteiger partial charge in [-0.2, -0.15) is 4.98 Å². The average molecular weight is 278 g/mol. The first-order valence-corrected chi connectivity index (χ1v) is 7.74. The molecule has 5 heteroatoms. The molecule has 0 bridgehead atoms. The first kappa shape index (κ1) is 15.0. The molecule has 0 aromatic carbocycles. The summed E-state index contributed by atoms with van der Waals surface area (Å²) in [5.41, 5.74) is 0. The SMILES string of the molecule is CCOc1cc(NCCN(CC)CC)nc(C2CC2)n1. The van der Waals surface area contributed by atoms with E-state index in [1.54, 1.807) is 0 Å². The third-order valence-corrected chi connectivity index (χ3v) is 3.58. The van der Waals surface area contributed by atoms with Gasteiger partial charge >= 0.3 is 0 Å². The second-order valence-corrected chi connectivity index (χ2v) is 5.11. The van der Waals surface area contributed by atoms with Gasteiger partial charge in [0.1, 0.15) is 11.6 Å². The van der Waals surface area contributed by atoms with Crippen LogP contribution in [-0.2, 0) is 0 Å². The molecule has 0 atom stereocenters. The molecule has 0 unspecified atom stereocenters. The van der Waals surface area contributed by atoms with Gasteiger partial charge in [-0.25, -0.2) is 4.98 Å². The van der Waals surface area contributed by atoms with Crippen molar-refractivity contribution in [2.45, 2.75) is 39.5 Å². The summed E-state index contributed by atoms with van der Waals surface area (Å²) in [4.78, 5) is 11.5. The van der Waals surface area contributed by atoms with Crippen molar-refractivity contribution < 1.29 is 4.74 Å². The number of hydrogen-bond acceptors (Lipinski definition) is 5. The van der Waals surface area contributed by atoms with E-state index in [-0.39, 0.29) is 0 Å².